The number of primary sulfonamides is 1. The number of carbonyl (C=O) groups excluding carboxylic acids is 1. The molecule has 1 unspecified atom stereocenters. The average molecular weight is 489 g/mol. The van der Waals surface area contributed by atoms with Crippen LogP contribution in [0.1, 0.15) is 71.2 Å². The largest absolute Gasteiger partial charge is 0.444 e. The second-order valence-electron chi connectivity index (χ2n) is 10.7. The van der Waals surface area contributed by atoms with Crippen LogP contribution in [0.5, 0.6) is 0 Å². The Bertz CT molecular complexity index is 1100. The Morgan fingerprint density at radius 1 is 1.24 bits per heavy atom. The molecule has 2 atom stereocenters. The molecule has 34 heavy (non-hydrogen) atoms. The molecule has 0 spiro atoms. The smallest absolute Gasteiger partial charge is 0.410 e. The van der Waals surface area contributed by atoms with Gasteiger partial charge in [-0.2, -0.15) is 0 Å². The van der Waals surface area contributed by atoms with Crippen molar-refractivity contribution in [2.45, 2.75) is 82.4 Å². The Balaban J connectivity index is 1.73. The highest BCUT2D eigenvalue weighted by molar-refractivity contribution is 7.89. The number of rotatable bonds is 7. The second kappa shape index (κ2) is 10.00. The zero-order valence-electron chi connectivity index (χ0n) is 20.7. The van der Waals surface area contributed by atoms with Crippen LogP contribution < -0.4 is 5.14 Å². The van der Waals surface area contributed by atoms with Gasteiger partial charge in [0.15, 0.2) is 5.03 Å². The Morgan fingerprint density at radius 3 is 2.59 bits per heavy atom. The quantitative estimate of drug-likeness (QED) is 0.622. The fourth-order valence-electron chi connectivity index (χ4n) is 4.61. The van der Waals surface area contributed by atoms with Gasteiger partial charge in [-0.1, -0.05) is 12.1 Å². The van der Waals surface area contributed by atoms with Crippen molar-refractivity contribution >= 4 is 16.1 Å². The van der Waals surface area contributed by atoms with E-state index in [0.29, 0.717) is 24.6 Å². The number of pyridine rings is 2. The number of hydrogen-bond donors (Lipinski definition) is 1. The fraction of sp³-hybridized carbons (Fsp3) is 0.560. The van der Waals surface area contributed by atoms with Crippen molar-refractivity contribution in [2.75, 3.05) is 6.54 Å². The maximum absolute atomic E-state index is 12.8. The third-order valence-corrected chi connectivity index (χ3v) is 6.94. The van der Waals surface area contributed by atoms with Gasteiger partial charge in [-0.3, -0.25) is 4.98 Å². The summed E-state index contributed by atoms with van der Waals surface area (Å²) in [6, 6.07) is 10.7. The number of likely N-dealkylation sites (tertiary alicyclic amines) is 1. The molecule has 0 bridgehead atoms. The number of hydrogen-bond acceptors (Lipinski definition) is 6. The van der Waals surface area contributed by atoms with E-state index in [1.54, 1.807) is 12.3 Å². The van der Waals surface area contributed by atoms with Crippen molar-refractivity contribution in [3.8, 4) is 0 Å². The molecule has 1 aliphatic rings. The Kier molecular flexibility index (Phi) is 7.67. The summed E-state index contributed by atoms with van der Waals surface area (Å²) in [6.45, 7) is 10.4. The van der Waals surface area contributed by atoms with Crippen molar-refractivity contribution in [1.29, 1.82) is 0 Å². The number of ether oxygens (including phenoxy) is 1. The first kappa shape index (κ1) is 26.1. The number of aromatic nitrogens is 2. The Morgan fingerprint density at radius 2 is 1.97 bits per heavy atom. The van der Waals surface area contributed by atoms with Gasteiger partial charge in [-0.05, 0) is 90.5 Å². The summed E-state index contributed by atoms with van der Waals surface area (Å²) < 4.78 is 29.1. The predicted molar refractivity (Wildman–Crippen MR) is 131 cm³/mol. The molecule has 0 radical (unpaired) electrons. The Labute approximate surface area is 203 Å². The molecule has 186 valence electrons. The van der Waals surface area contributed by atoms with Crippen molar-refractivity contribution in [3.05, 3.63) is 54.0 Å². The van der Waals surface area contributed by atoms with Gasteiger partial charge in [0.05, 0.1) is 0 Å². The molecule has 2 aromatic heterocycles. The maximum atomic E-state index is 12.8. The molecule has 3 heterocycles. The van der Waals surface area contributed by atoms with Crippen molar-refractivity contribution in [1.82, 2.24) is 14.9 Å². The normalized spacial score (nSPS) is 19.1. The van der Waals surface area contributed by atoms with Crippen LogP contribution in [-0.2, 0) is 21.2 Å². The van der Waals surface area contributed by atoms with Crippen LogP contribution in [0.4, 0.5) is 4.79 Å². The first-order valence-corrected chi connectivity index (χ1v) is 13.2. The van der Waals surface area contributed by atoms with Crippen molar-refractivity contribution < 1.29 is 17.9 Å². The van der Waals surface area contributed by atoms with Gasteiger partial charge in [0.2, 0.25) is 0 Å². The highest BCUT2D eigenvalue weighted by atomic mass is 32.2. The third kappa shape index (κ3) is 6.99. The van der Waals surface area contributed by atoms with Gasteiger partial charge >= 0.3 is 6.09 Å². The molecule has 1 aliphatic heterocycles. The topological polar surface area (TPSA) is 115 Å². The van der Waals surface area contributed by atoms with Gasteiger partial charge in [0.1, 0.15) is 5.60 Å². The molecule has 2 N–H and O–H groups in total. The minimum atomic E-state index is -3.87. The monoisotopic (exact) mass is 488 g/mol. The molecular formula is C25H36N4O4S. The van der Waals surface area contributed by atoms with E-state index in [1.165, 1.54) is 6.07 Å². The van der Waals surface area contributed by atoms with E-state index in [4.69, 9.17) is 9.88 Å². The van der Waals surface area contributed by atoms with Gasteiger partial charge < -0.3 is 9.64 Å². The number of carbonyl (C=O) groups is 1. The van der Waals surface area contributed by atoms with Gasteiger partial charge in [-0.15, -0.1) is 0 Å². The summed E-state index contributed by atoms with van der Waals surface area (Å²) in [5.41, 5.74) is 0.781. The van der Waals surface area contributed by atoms with Crippen LogP contribution >= 0.6 is 0 Å². The van der Waals surface area contributed by atoms with E-state index in [2.05, 4.69) is 23.8 Å². The van der Waals surface area contributed by atoms with E-state index in [9.17, 15) is 13.2 Å². The van der Waals surface area contributed by atoms with E-state index < -0.39 is 15.6 Å². The average Bonchev–Trinajstić information content (AvgIpc) is 3.04. The molecule has 1 amide bonds. The summed E-state index contributed by atoms with van der Waals surface area (Å²) >= 11 is 0. The lowest BCUT2D eigenvalue weighted by molar-refractivity contribution is 0.0130. The number of sulfonamides is 1. The third-order valence-electron chi connectivity index (χ3n) is 6.13. The molecule has 8 nitrogen and oxygen atoms in total. The van der Waals surface area contributed by atoms with Gasteiger partial charge in [0, 0.05) is 35.6 Å². The summed E-state index contributed by atoms with van der Waals surface area (Å²) in [5.74, 6) is 0.389. The number of nitrogens with zero attached hydrogens (tertiary/aromatic N) is 3. The Hall–Kier alpha value is -2.52. The zero-order valence-corrected chi connectivity index (χ0v) is 21.5. The lowest BCUT2D eigenvalue weighted by Gasteiger charge is -2.33. The summed E-state index contributed by atoms with van der Waals surface area (Å²) in [4.78, 5) is 23.4. The van der Waals surface area contributed by atoms with Gasteiger partial charge in [-0.25, -0.2) is 23.3 Å². The van der Waals surface area contributed by atoms with Crippen LogP contribution in [0.15, 0.2) is 47.6 Å². The second-order valence-corrected chi connectivity index (χ2v) is 12.2. The molecule has 0 saturated carbocycles. The molecule has 2 aromatic rings. The van der Waals surface area contributed by atoms with E-state index in [-0.39, 0.29) is 22.6 Å². The van der Waals surface area contributed by atoms with Crippen LogP contribution in [-0.4, -0.2) is 47.1 Å². The predicted octanol–water partition coefficient (Wildman–Crippen LogP) is 4.27. The summed E-state index contributed by atoms with van der Waals surface area (Å²) in [6.07, 6.45) is 4.66. The van der Waals surface area contributed by atoms with Crippen LogP contribution in [0, 0.1) is 5.92 Å². The summed E-state index contributed by atoms with van der Waals surface area (Å²) in [7, 11) is -3.87. The van der Waals surface area contributed by atoms with E-state index in [0.717, 1.165) is 25.0 Å². The molecular weight excluding hydrogens is 452 g/mol. The highest BCUT2D eigenvalue weighted by Gasteiger charge is 2.42. The SMILES string of the molecule is CC(C)(C)OC(=O)N1C[C@@H](CCC(Cc2cccc(S(N)(=O)=O)n2)c2ccccn2)CC1(C)C. The fourth-order valence-corrected chi connectivity index (χ4v) is 5.12. The van der Waals surface area contributed by atoms with Crippen LogP contribution in [0.3, 0.4) is 0 Å². The van der Waals surface area contributed by atoms with E-state index in [1.807, 2.05) is 49.9 Å². The standard InChI is InChI=1S/C25H36N4O4S/c1-24(2,3)33-23(30)29-17-18(16-25(29,4)5)12-13-19(21-10-6-7-14-27-21)15-20-9-8-11-22(28-20)34(26,31)32/h6-11,14,18-19H,12-13,15-17H2,1-5H3,(H2,26,31,32)/t18-,19?/m0/s1. The van der Waals surface area contributed by atoms with Gasteiger partial charge in [0.25, 0.3) is 10.0 Å². The zero-order chi connectivity index (χ0) is 25.1. The van der Waals surface area contributed by atoms with Crippen LogP contribution in [0.2, 0.25) is 0 Å². The van der Waals surface area contributed by atoms with Crippen molar-refractivity contribution in [3.63, 3.8) is 0 Å². The first-order chi connectivity index (χ1) is 15.7. The molecule has 3 rings (SSSR count). The molecule has 0 aromatic carbocycles. The van der Waals surface area contributed by atoms with E-state index >= 15 is 0 Å². The molecule has 1 saturated heterocycles. The maximum Gasteiger partial charge on any atom is 0.410 e. The van der Waals surface area contributed by atoms with Crippen LogP contribution in [0.25, 0.3) is 0 Å². The minimum Gasteiger partial charge on any atom is -0.444 e. The lowest BCUT2D eigenvalue weighted by Crippen LogP contribution is -2.45. The number of nitrogens with two attached hydrogens (primary N) is 1. The van der Waals surface area contributed by atoms with Crippen molar-refractivity contribution in [2.24, 2.45) is 11.1 Å². The molecule has 9 heteroatoms. The first-order valence-electron chi connectivity index (χ1n) is 11.6. The molecule has 1 fully saturated rings. The molecule has 0 aliphatic carbocycles. The summed E-state index contributed by atoms with van der Waals surface area (Å²) in [5, 5.41) is 5.14. The minimum absolute atomic E-state index is 0.0584. The highest BCUT2D eigenvalue weighted by Crippen LogP contribution is 2.38. The number of amides is 1. The lowest BCUT2D eigenvalue weighted by atomic mass is 9.87.